The predicted octanol–water partition coefficient (Wildman–Crippen LogP) is 1.53. The molecule has 1 aromatic rings. The number of likely N-dealkylation sites (N-methyl/N-ethyl adjacent to an activating group) is 1. The Bertz CT molecular complexity index is 468. The molecule has 2 N–H and O–H groups in total. The van der Waals surface area contributed by atoms with Gasteiger partial charge in [0, 0.05) is 6.04 Å². The average Bonchev–Trinajstić information content (AvgIpc) is 2.84. The first-order valence-corrected chi connectivity index (χ1v) is 6.19. The first kappa shape index (κ1) is 13.9. The van der Waals surface area contributed by atoms with Crippen molar-refractivity contribution >= 4 is 11.6 Å². The van der Waals surface area contributed by atoms with Crippen molar-refractivity contribution in [1.29, 1.82) is 0 Å². The van der Waals surface area contributed by atoms with Crippen molar-refractivity contribution in [3.63, 3.8) is 0 Å². The Balaban J connectivity index is 2.06. The van der Waals surface area contributed by atoms with Crippen LogP contribution in [0.1, 0.15) is 6.92 Å². The Morgan fingerprint density at radius 3 is 2.95 bits per heavy atom. The predicted molar refractivity (Wildman–Crippen MR) is 66.8 cm³/mol. The molecular formula is C13H16F2N2O2. The highest BCUT2D eigenvalue weighted by atomic mass is 19.2. The Morgan fingerprint density at radius 1 is 1.42 bits per heavy atom. The summed E-state index contributed by atoms with van der Waals surface area (Å²) in [7, 11) is 0. The summed E-state index contributed by atoms with van der Waals surface area (Å²) in [4.78, 5) is 12.0. The monoisotopic (exact) mass is 270 g/mol. The van der Waals surface area contributed by atoms with Gasteiger partial charge in [0.1, 0.15) is 0 Å². The van der Waals surface area contributed by atoms with Crippen molar-refractivity contribution in [3.8, 4) is 0 Å². The maximum atomic E-state index is 13.5. The quantitative estimate of drug-likeness (QED) is 0.872. The van der Waals surface area contributed by atoms with Crippen LogP contribution in [-0.4, -0.2) is 31.7 Å². The van der Waals surface area contributed by atoms with E-state index in [1.807, 2.05) is 6.92 Å². The standard InChI is InChI=1S/C13H16F2N2O2/c1-2-16-11-7-19-6-8(11)13(18)17-10-5-3-4-9(14)12(10)15/h3-5,8,11,16H,2,6-7H2,1H3,(H,17,18). The Morgan fingerprint density at radius 2 is 2.21 bits per heavy atom. The smallest absolute Gasteiger partial charge is 0.231 e. The fourth-order valence-electron chi connectivity index (χ4n) is 2.10. The molecule has 6 heteroatoms. The largest absolute Gasteiger partial charge is 0.379 e. The second-order valence-electron chi connectivity index (χ2n) is 4.40. The third kappa shape index (κ3) is 3.08. The molecule has 0 saturated carbocycles. The molecule has 2 rings (SSSR count). The maximum absolute atomic E-state index is 13.5. The number of hydrogen-bond acceptors (Lipinski definition) is 3. The zero-order chi connectivity index (χ0) is 13.8. The van der Waals surface area contributed by atoms with Gasteiger partial charge < -0.3 is 15.4 Å². The fourth-order valence-corrected chi connectivity index (χ4v) is 2.10. The van der Waals surface area contributed by atoms with E-state index < -0.39 is 17.6 Å². The first-order chi connectivity index (χ1) is 9.13. The summed E-state index contributed by atoms with van der Waals surface area (Å²) in [6.45, 7) is 3.36. The number of benzene rings is 1. The lowest BCUT2D eigenvalue weighted by Gasteiger charge is -2.18. The fraction of sp³-hybridized carbons (Fsp3) is 0.462. The van der Waals surface area contributed by atoms with Crippen molar-refractivity contribution in [2.24, 2.45) is 5.92 Å². The molecule has 19 heavy (non-hydrogen) atoms. The van der Waals surface area contributed by atoms with Gasteiger partial charge in [-0.05, 0) is 18.7 Å². The number of rotatable bonds is 4. The van der Waals surface area contributed by atoms with E-state index >= 15 is 0 Å². The van der Waals surface area contributed by atoms with Gasteiger partial charge in [-0.25, -0.2) is 8.78 Å². The molecule has 1 amide bonds. The minimum absolute atomic E-state index is 0.0957. The van der Waals surface area contributed by atoms with Crippen LogP contribution in [0.3, 0.4) is 0 Å². The number of ether oxygens (including phenoxy) is 1. The molecule has 0 radical (unpaired) electrons. The van der Waals surface area contributed by atoms with Gasteiger partial charge in [0.25, 0.3) is 0 Å². The zero-order valence-electron chi connectivity index (χ0n) is 10.6. The molecule has 0 aromatic heterocycles. The van der Waals surface area contributed by atoms with Crippen LogP contribution >= 0.6 is 0 Å². The van der Waals surface area contributed by atoms with Crippen LogP contribution in [0.15, 0.2) is 18.2 Å². The van der Waals surface area contributed by atoms with Crippen molar-refractivity contribution < 1.29 is 18.3 Å². The molecule has 1 aliphatic heterocycles. The number of amides is 1. The molecule has 2 atom stereocenters. The van der Waals surface area contributed by atoms with E-state index in [-0.39, 0.29) is 24.2 Å². The maximum Gasteiger partial charge on any atom is 0.231 e. The van der Waals surface area contributed by atoms with Gasteiger partial charge in [0.2, 0.25) is 5.91 Å². The number of carbonyl (C=O) groups is 1. The van der Waals surface area contributed by atoms with Crippen LogP contribution in [-0.2, 0) is 9.53 Å². The van der Waals surface area contributed by atoms with Crippen LogP contribution < -0.4 is 10.6 Å². The molecule has 0 spiro atoms. The second kappa shape index (κ2) is 6.08. The van der Waals surface area contributed by atoms with E-state index in [0.29, 0.717) is 13.2 Å². The lowest BCUT2D eigenvalue weighted by Crippen LogP contribution is -2.41. The summed E-state index contributed by atoms with van der Waals surface area (Å²) in [5, 5.41) is 5.54. The molecule has 0 aliphatic carbocycles. The lowest BCUT2D eigenvalue weighted by atomic mass is 10.0. The van der Waals surface area contributed by atoms with Gasteiger partial charge in [0.05, 0.1) is 24.8 Å². The molecule has 1 heterocycles. The zero-order valence-corrected chi connectivity index (χ0v) is 10.6. The van der Waals surface area contributed by atoms with E-state index in [0.717, 1.165) is 6.07 Å². The number of anilines is 1. The van der Waals surface area contributed by atoms with Gasteiger partial charge in [-0.2, -0.15) is 0 Å². The van der Waals surface area contributed by atoms with Crippen molar-refractivity contribution in [2.75, 3.05) is 25.1 Å². The van der Waals surface area contributed by atoms with Crippen LogP contribution in [0.2, 0.25) is 0 Å². The van der Waals surface area contributed by atoms with E-state index in [9.17, 15) is 13.6 Å². The van der Waals surface area contributed by atoms with Gasteiger partial charge in [0.15, 0.2) is 11.6 Å². The van der Waals surface area contributed by atoms with Crippen LogP contribution in [0.5, 0.6) is 0 Å². The SMILES string of the molecule is CCNC1COCC1C(=O)Nc1cccc(F)c1F. The average molecular weight is 270 g/mol. The number of carbonyl (C=O) groups excluding carboxylic acids is 1. The van der Waals surface area contributed by atoms with Gasteiger partial charge >= 0.3 is 0 Å². The highest BCUT2D eigenvalue weighted by molar-refractivity contribution is 5.93. The molecule has 1 aromatic carbocycles. The molecular weight excluding hydrogens is 254 g/mol. The van der Waals surface area contributed by atoms with Crippen molar-refractivity contribution in [3.05, 3.63) is 29.8 Å². The normalized spacial score (nSPS) is 22.5. The van der Waals surface area contributed by atoms with E-state index in [4.69, 9.17) is 4.74 Å². The molecule has 104 valence electrons. The highest BCUT2D eigenvalue weighted by Crippen LogP contribution is 2.20. The van der Waals surface area contributed by atoms with Crippen molar-refractivity contribution in [2.45, 2.75) is 13.0 Å². The minimum atomic E-state index is -1.05. The lowest BCUT2D eigenvalue weighted by molar-refractivity contribution is -0.120. The summed E-state index contributed by atoms with van der Waals surface area (Å²) in [6.07, 6.45) is 0. The molecule has 2 unspecified atom stereocenters. The van der Waals surface area contributed by atoms with Crippen LogP contribution in [0.4, 0.5) is 14.5 Å². The molecule has 4 nitrogen and oxygen atoms in total. The third-order valence-corrected chi connectivity index (χ3v) is 3.09. The Hall–Kier alpha value is -1.53. The van der Waals surface area contributed by atoms with Gasteiger partial charge in [-0.1, -0.05) is 13.0 Å². The molecule has 1 aliphatic rings. The number of hydrogen-bond donors (Lipinski definition) is 2. The summed E-state index contributed by atoms with van der Waals surface area (Å²) < 4.78 is 31.7. The summed E-state index contributed by atoms with van der Waals surface area (Å²) in [5.41, 5.74) is -0.146. The van der Waals surface area contributed by atoms with Crippen LogP contribution in [0, 0.1) is 17.6 Å². The summed E-state index contributed by atoms with van der Waals surface area (Å²) in [6, 6.07) is 3.59. The number of halogens is 2. The molecule has 1 fully saturated rings. The van der Waals surface area contributed by atoms with Gasteiger partial charge in [-0.15, -0.1) is 0 Å². The van der Waals surface area contributed by atoms with E-state index in [1.165, 1.54) is 12.1 Å². The Labute approximate surface area is 110 Å². The summed E-state index contributed by atoms with van der Waals surface area (Å²) in [5.74, 6) is -2.80. The van der Waals surface area contributed by atoms with Crippen molar-refractivity contribution in [1.82, 2.24) is 5.32 Å². The molecule has 0 bridgehead atoms. The highest BCUT2D eigenvalue weighted by Gasteiger charge is 2.33. The van der Waals surface area contributed by atoms with E-state index in [1.54, 1.807) is 0 Å². The van der Waals surface area contributed by atoms with Gasteiger partial charge in [-0.3, -0.25) is 4.79 Å². The van der Waals surface area contributed by atoms with Crippen LogP contribution in [0.25, 0.3) is 0 Å². The second-order valence-corrected chi connectivity index (χ2v) is 4.40. The first-order valence-electron chi connectivity index (χ1n) is 6.19. The number of nitrogens with one attached hydrogen (secondary N) is 2. The topological polar surface area (TPSA) is 50.4 Å². The Kier molecular flexibility index (Phi) is 4.44. The molecule has 1 saturated heterocycles. The van der Waals surface area contributed by atoms with E-state index in [2.05, 4.69) is 10.6 Å². The minimum Gasteiger partial charge on any atom is -0.379 e. The summed E-state index contributed by atoms with van der Waals surface area (Å²) >= 11 is 0. The third-order valence-electron chi connectivity index (χ3n) is 3.09.